The first-order valence-electron chi connectivity index (χ1n) is 5.60. The van der Waals surface area contributed by atoms with Crippen LogP contribution in [0.1, 0.15) is 24.1 Å². The number of nitrogens with zero attached hydrogens (tertiary/aromatic N) is 1. The van der Waals surface area contributed by atoms with Gasteiger partial charge in [0.05, 0.1) is 0 Å². The molecule has 0 aromatic heterocycles. The summed E-state index contributed by atoms with van der Waals surface area (Å²) in [5, 5.41) is 0. The van der Waals surface area contributed by atoms with Crippen molar-refractivity contribution in [3.05, 3.63) is 33.8 Å². The highest BCUT2D eigenvalue weighted by Gasteiger charge is 2.22. The molecule has 2 unspecified atom stereocenters. The van der Waals surface area contributed by atoms with Gasteiger partial charge in [-0.05, 0) is 56.7 Å². The summed E-state index contributed by atoms with van der Waals surface area (Å²) in [5.74, 6) is 0.447. The fraction of sp³-hybridized carbons (Fsp3) is 0.538. The van der Waals surface area contributed by atoms with Gasteiger partial charge in [-0.25, -0.2) is 0 Å². The molecule has 0 saturated carbocycles. The summed E-state index contributed by atoms with van der Waals surface area (Å²) in [5.41, 5.74) is 8.48. The molecule has 2 atom stereocenters. The van der Waals surface area contributed by atoms with Crippen LogP contribution in [0.5, 0.6) is 0 Å². The van der Waals surface area contributed by atoms with Gasteiger partial charge in [0.25, 0.3) is 0 Å². The summed E-state index contributed by atoms with van der Waals surface area (Å²) in [6.45, 7) is 5.06. The lowest BCUT2D eigenvalue weighted by atomic mass is 9.91. The van der Waals surface area contributed by atoms with Crippen molar-refractivity contribution in [2.45, 2.75) is 19.9 Å². The van der Waals surface area contributed by atoms with Crippen molar-refractivity contribution >= 4 is 15.9 Å². The number of aryl methyl sites for hydroxylation is 1. The average Bonchev–Trinajstić information content (AvgIpc) is 2.22. The summed E-state index contributed by atoms with van der Waals surface area (Å²) < 4.78 is 1.13. The molecular formula is C13H21BrN2. The molecule has 0 bridgehead atoms. The Labute approximate surface area is 107 Å². The molecule has 0 aliphatic carbocycles. The molecule has 1 rings (SSSR count). The van der Waals surface area contributed by atoms with E-state index in [1.807, 2.05) is 0 Å². The van der Waals surface area contributed by atoms with E-state index in [-0.39, 0.29) is 0 Å². The first-order valence-corrected chi connectivity index (χ1v) is 6.39. The van der Waals surface area contributed by atoms with Crippen molar-refractivity contribution in [3.8, 4) is 0 Å². The van der Waals surface area contributed by atoms with Gasteiger partial charge in [-0.3, -0.25) is 0 Å². The molecule has 0 spiro atoms. The van der Waals surface area contributed by atoms with Crippen LogP contribution in [0.25, 0.3) is 0 Å². The molecule has 0 heterocycles. The Hall–Kier alpha value is -0.380. The molecule has 0 aliphatic heterocycles. The van der Waals surface area contributed by atoms with Gasteiger partial charge in [0.1, 0.15) is 0 Å². The second kappa shape index (κ2) is 5.80. The molecule has 0 fully saturated rings. The zero-order valence-electron chi connectivity index (χ0n) is 10.5. The van der Waals surface area contributed by atoms with Gasteiger partial charge in [0.15, 0.2) is 0 Å². The monoisotopic (exact) mass is 284 g/mol. The molecule has 0 aliphatic rings. The molecule has 0 amide bonds. The molecular weight excluding hydrogens is 264 g/mol. The smallest absolute Gasteiger partial charge is 0.0382 e. The molecule has 2 N–H and O–H groups in total. The fourth-order valence-electron chi connectivity index (χ4n) is 2.15. The normalized spacial score (nSPS) is 15.2. The van der Waals surface area contributed by atoms with E-state index in [9.17, 15) is 0 Å². The Kier molecular flexibility index (Phi) is 4.96. The molecule has 0 saturated heterocycles. The van der Waals surface area contributed by atoms with Gasteiger partial charge in [0, 0.05) is 10.5 Å². The van der Waals surface area contributed by atoms with Gasteiger partial charge in [0.2, 0.25) is 0 Å². The maximum atomic E-state index is 5.80. The van der Waals surface area contributed by atoms with Crippen LogP contribution in [0.2, 0.25) is 0 Å². The largest absolute Gasteiger partial charge is 0.330 e. The first-order chi connectivity index (χ1) is 7.47. The van der Waals surface area contributed by atoms with Crippen molar-refractivity contribution in [2.24, 2.45) is 11.7 Å². The second-order valence-corrected chi connectivity index (χ2v) is 5.54. The molecule has 1 aromatic carbocycles. The van der Waals surface area contributed by atoms with Gasteiger partial charge >= 0.3 is 0 Å². The third-order valence-corrected chi connectivity index (χ3v) is 3.52. The number of nitrogens with two attached hydrogens (primary N) is 1. The van der Waals surface area contributed by atoms with Crippen molar-refractivity contribution in [1.82, 2.24) is 4.90 Å². The number of halogens is 1. The topological polar surface area (TPSA) is 29.3 Å². The maximum Gasteiger partial charge on any atom is 0.0382 e. The Bertz CT molecular complexity index is 350. The number of hydrogen-bond acceptors (Lipinski definition) is 2. The molecule has 90 valence electrons. The molecule has 3 heteroatoms. The summed E-state index contributed by atoms with van der Waals surface area (Å²) in [4.78, 5) is 2.24. The Balaban J connectivity index is 3.15. The molecule has 16 heavy (non-hydrogen) atoms. The van der Waals surface area contributed by atoms with Crippen LogP contribution in [-0.4, -0.2) is 25.5 Å². The van der Waals surface area contributed by atoms with Crippen molar-refractivity contribution in [3.63, 3.8) is 0 Å². The van der Waals surface area contributed by atoms with E-state index in [1.54, 1.807) is 0 Å². The number of hydrogen-bond donors (Lipinski definition) is 1. The van der Waals surface area contributed by atoms with Crippen LogP contribution < -0.4 is 5.73 Å². The van der Waals surface area contributed by atoms with Crippen molar-refractivity contribution < 1.29 is 0 Å². The highest BCUT2D eigenvalue weighted by Crippen LogP contribution is 2.30. The zero-order valence-corrected chi connectivity index (χ0v) is 12.1. The lowest BCUT2D eigenvalue weighted by Gasteiger charge is -2.31. The van der Waals surface area contributed by atoms with E-state index in [0.717, 1.165) is 4.47 Å². The van der Waals surface area contributed by atoms with E-state index >= 15 is 0 Å². The van der Waals surface area contributed by atoms with E-state index in [2.05, 4.69) is 67.0 Å². The van der Waals surface area contributed by atoms with Crippen LogP contribution in [0.15, 0.2) is 22.7 Å². The SMILES string of the molecule is Cc1ccc(Br)cc1C(C(C)CN)N(C)C. The van der Waals surface area contributed by atoms with E-state index in [4.69, 9.17) is 5.73 Å². The number of benzene rings is 1. The lowest BCUT2D eigenvalue weighted by Crippen LogP contribution is -2.30. The van der Waals surface area contributed by atoms with Crippen LogP contribution in [-0.2, 0) is 0 Å². The maximum absolute atomic E-state index is 5.80. The minimum atomic E-state index is 0.377. The predicted octanol–water partition coefficient (Wildman–Crippen LogP) is 2.96. The highest BCUT2D eigenvalue weighted by atomic mass is 79.9. The highest BCUT2D eigenvalue weighted by molar-refractivity contribution is 9.10. The summed E-state index contributed by atoms with van der Waals surface area (Å²) in [6, 6.07) is 6.81. The van der Waals surface area contributed by atoms with Crippen LogP contribution in [0, 0.1) is 12.8 Å². The predicted molar refractivity (Wildman–Crippen MR) is 73.5 cm³/mol. The van der Waals surface area contributed by atoms with Crippen molar-refractivity contribution in [1.29, 1.82) is 0 Å². The fourth-order valence-corrected chi connectivity index (χ4v) is 2.53. The first kappa shape index (κ1) is 13.7. The van der Waals surface area contributed by atoms with Gasteiger partial charge in [-0.15, -0.1) is 0 Å². The Morgan fingerprint density at radius 2 is 2.00 bits per heavy atom. The average molecular weight is 285 g/mol. The molecule has 2 nitrogen and oxygen atoms in total. The quantitative estimate of drug-likeness (QED) is 0.921. The Morgan fingerprint density at radius 3 is 2.50 bits per heavy atom. The lowest BCUT2D eigenvalue weighted by molar-refractivity contribution is 0.226. The minimum Gasteiger partial charge on any atom is -0.330 e. The Morgan fingerprint density at radius 1 is 1.38 bits per heavy atom. The van der Waals surface area contributed by atoms with Crippen LogP contribution in [0.3, 0.4) is 0 Å². The summed E-state index contributed by atoms with van der Waals surface area (Å²) >= 11 is 3.53. The zero-order chi connectivity index (χ0) is 12.3. The third kappa shape index (κ3) is 3.06. The second-order valence-electron chi connectivity index (χ2n) is 4.62. The van der Waals surface area contributed by atoms with Crippen LogP contribution >= 0.6 is 15.9 Å². The van der Waals surface area contributed by atoms with E-state index in [1.165, 1.54) is 11.1 Å². The van der Waals surface area contributed by atoms with Crippen LogP contribution in [0.4, 0.5) is 0 Å². The summed E-state index contributed by atoms with van der Waals surface area (Å²) in [7, 11) is 4.22. The number of rotatable bonds is 4. The third-order valence-electron chi connectivity index (χ3n) is 3.03. The van der Waals surface area contributed by atoms with Gasteiger partial charge < -0.3 is 10.6 Å². The van der Waals surface area contributed by atoms with Crippen molar-refractivity contribution in [2.75, 3.05) is 20.6 Å². The minimum absolute atomic E-state index is 0.377. The van der Waals surface area contributed by atoms with E-state index < -0.39 is 0 Å². The van der Waals surface area contributed by atoms with E-state index in [0.29, 0.717) is 18.5 Å². The van der Waals surface area contributed by atoms with Gasteiger partial charge in [-0.2, -0.15) is 0 Å². The molecule has 1 aromatic rings. The van der Waals surface area contributed by atoms with Gasteiger partial charge in [-0.1, -0.05) is 28.9 Å². The standard InChI is InChI=1S/C13H21BrN2/c1-9-5-6-11(14)7-12(9)13(16(3)4)10(2)8-15/h5-7,10,13H,8,15H2,1-4H3. The summed E-state index contributed by atoms with van der Waals surface area (Å²) in [6.07, 6.45) is 0. The molecule has 0 radical (unpaired) electrons.